The molecule has 1 aliphatic carbocycles. The average Bonchev–Trinajstić information content (AvgIpc) is 2.41. The van der Waals surface area contributed by atoms with Crippen LogP contribution in [0.3, 0.4) is 0 Å². The van der Waals surface area contributed by atoms with E-state index in [1.54, 1.807) is 11.1 Å². The average molecular weight is 202 g/mol. The zero-order valence-corrected chi connectivity index (χ0v) is 10.4. The lowest BCUT2D eigenvalue weighted by Gasteiger charge is -2.19. The quantitative estimate of drug-likeness (QED) is 0.659. The molecule has 0 nitrogen and oxygen atoms in total. The molecule has 1 aromatic carbocycles. The summed E-state index contributed by atoms with van der Waals surface area (Å²) in [4.78, 5) is 0. The highest BCUT2D eigenvalue weighted by atomic mass is 14.4. The maximum Gasteiger partial charge on any atom is -0.00948 e. The summed E-state index contributed by atoms with van der Waals surface area (Å²) in [5.41, 5.74) is 5.14. The second kappa shape index (κ2) is 3.66. The van der Waals surface area contributed by atoms with Crippen LogP contribution in [0, 0.1) is 6.92 Å². The third-order valence-corrected chi connectivity index (χ3v) is 3.86. The van der Waals surface area contributed by atoms with Gasteiger partial charge in [-0.25, -0.2) is 0 Å². The summed E-state index contributed by atoms with van der Waals surface area (Å²) in [6.45, 7) is 9.34. The predicted octanol–water partition coefficient (Wildman–Crippen LogP) is 4.56. The predicted molar refractivity (Wildman–Crippen MR) is 66.5 cm³/mol. The van der Waals surface area contributed by atoms with Crippen LogP contribution >= 0.6 is 0 Å². The first-order valence-corrected chi connectivity index (χ1v) is 6.16. The van der Waals surface area contributed by atoms with Gasteiger partial charge in [0, 0.05) is 0 Å². The monoisotopic (exact) mass is 202 g/mol. The molecule has 0 aromatic heterocycles. The van der Waals surface area contributed by atoms with Gasteiger partial charge in [-0.2, -0.15) is 0 Å². The van der Waals surface area contributed by atoms with Crippen LogP contribution < -0.4 is 0 Å². The second-order valence-electron chi connectivity index (χ2n) is 5.61. The summed E-state index contributed by atoms with van der Waals surface area (Å²) < 4.78 is 0. The number of rotatable bonds is 2. The van der Waals surface area contributed by atoms with Gasteiger partial charge in [-0.1, -0.05) is 45.4 Å². The van der Waals surface area contributed by atoms with Crippen molar-refractivity contribution in [2.75, 3.05) is 0 Å². The maximum atomic E-state index is 2.39. The van der Waals surface area contributed by atoms with E-state index in [2.05, 4.69) is 45.9 Å². The molecule has 0 spiro atoms. The molecular formula is C15H22. The molecular weight excluding hydrogens is 180 g/mol. The van der Waals surface area contributed by atoms with Crippen LogP contribution in [0.1, 0.15) is 62.6 Å². The van der Waals surface area contributed by atoms with E-state index >= 15 is 0 Å². The maximum absolute atomic E-state index is 2.39. The van der Waals surface area contributed by atoms with E-state index < -0.39 is 0 Å². The molecule has 1 aromatic rings. The SMILES string of the molecule is CCCC1CC(C)(C)c2cccc(C)c21. The summed E-state index contributed by atoms with van der Waals surface area (Å²) in [6, 6.07) is 6.81. The van der Waals surface area contributed by atoms with Crippen LogP contribution in [0.15, 0.2) is 18.2 Å². The molecule has 1 aliphatic rings. The Kier molecular flexibility index (Phi) is 2.62. The highest BCUT2D eigenvalue weighted by Gasteiger charge is 2.36. The summed E-state index contributed by atoms with van der Waals surface area (Å²) in [5, 5.41) is 0. The summed E-state index contributed by atoms with van der Waals surface area (Å²) >= 11 is 0. The van der Waals surface area contributed by atoms with Crippen molar-refractivity contribution in [1.82, 2.24) is 0 Å². The van der Waals surface area contributed by atoms with Gasteiger partial charge in [-0.3, -0.25) is 0 Å². The van der Waals surface area contributed by atoms with Crippen molar-refractivity contribution in [2.24, 2.45) is 0 Å². The molecule has 0 radical (unpaired) electrons. The van der Waals surface area contributed by atoms with Crippen molar-refractivity contribution >= 4 is 0 Å². The smallest absolute Gasteiger partial charge is 0.00948 e. The molecule has 82 valence electrons. The second-order valence-corrected chi connectivity index (χ2v) is 5.61. The van der Waals surface area contributed by atoms with Gasteiger partial charge in [0.2, 0.25) is 0 Å². The molecule has 0 heteroatoms. The minimum Gasteiger partial charge on any atom is -0.0654 e. The van der Waals surface area contributed by atoms with Gasteiger partial charge in [-0.05, 0) is 47.8 Å². The molecule has 0 bridgehead atoms. The molecule has 1 atom stereocenters. The molecule has 15 heavy (non-hydrogen) atoms. The topological polar surface area (TPSA) is 0 Å². The van der Waals surface area contributed by atoms with Crippen LogP contribution in [0.25, 0.3) is 0 Å². The number of hydrogen-bond donors (Lipinski definition) is 0. The minimum atomic E-state index is 0.390. The van der Waals surface area contributed by atoms with Gasteiger partial charge in [0.15, 0.2) is 0 Å². The zero-order valence-electron chi connectivity index (χ0n) is 10.4. The fourth-order valence-electron chi connectivity index (χ4n) is 3.24. The van der Waals surface area contributed by atoms with Gasteiger partial charge in [-0.15, -0.1) is 0 Å². The lowest BCUT2D eigenvalue weighted by Crippen LogP contribution is -2.12. The zero-order chi connectivity index (χ0) is 11.1. The fourth-order valence-corrected chi connectivity index (χ4v) is 3.24. The number of aryl methyl sites for hydroxylation is 1. The number of benzene rings is 1. The standard InChI is InChI=1S/C15H22/c1-5-7-12-10-15(3,4)13-9-6-8-11(2)14(12)13/h6,8-9,12H,5,7,10H2,1-4H3. The first kappa shape index (κ1) is 10.7. The van der Waals surface area contributed by atoms with Crippen LogP contribution in [-0.4, -0.2) is 0 Å². The fraction of sp³-hybridized carbons (Fsp3) is 0.600. The lowest BCUT2D eigenvalue weighted by atomic mass is 9.85. The normalized spacial score (nSPS) is 22.8. The first-order valence-electron chi connectivity index (χ1n) is 6.16. The Labute approximate surface area is 93.7 Å². The number of hydrogen-bond acceptors (Lipinski definition) is 0. The molecule has 1 unspecified atom stereocenters. The van der Waals surface area contributed by atoms with E-state index in [0.29, 0.717) is 5.41 Å². The van der Waals surface area contributed by atoms with Crippen LogP contribution in [0.5, 0.6) is 0 Å². The highest BCUT2D eigenvalue weighted by Crippen LogP contribution is 2.48. The highest BCUT2D eigenvalue weighted by molar-refractivity contribution is 5.46. The van der Waals surface area contributed by atoms with E-state index in [1.165, 1.54) is 24.8 Å². The Morgan fingerprint density at radius 1 is 1.33 bits per heavy atom. The third kappa shape index (κ3) is 1.71. The minimum absolute atomic E-state index is 0.390. The van der Waals surface area contributed by atoms with Crippen LogP contribution in [0.4, 0.5) is 0 Å². The molecule has 0 fully saturated rings. The van der Waals surface area contributed by atoms with E-state index in [1.807, 2.05) is 0 Å². The van der Waals surface area contributed by atoms with Crippen molar-refractivity contribution in [3.63, 3.8) is 0 Å². The van der Waals surface area contributed by atoms with E-state index in [-0.39, 0.29) is 0 Å². The Morgan fingerprint density at radius 2 is 2.07 bits per heavy atom. The first-order chi connectivity index (χ1) is 7.06. The Balaban J connectivity index is 2.48. The molecule has 0 saturated heterocycles. The third-order valence-electron chi connectivity index (χ3n) is 3.86. The molecule has 0 amide bonds. The number of fused-ring (bicyclic) bond motifs is 1. The molecule has 0 saturated carbocycles. The summed E-state index contributed by atoms with van der Waals surface area (Å²) in [5.74, 6) is 0.807. The van der Waals surface area contributed by atoms with Crippen molar-refractivity contribution in [2.45, 2.75) is 58.3 Å². The van der Waals surface area contributed by atoms with Gasteiger partial charge in [0.25, 0.3) is 0 Å². The Bertz CT molecular complexity index is 360. The summed E-state index contributed by atoms with van der Waals surface area (Å²) in [6.07, 6.45) is 3.98. The van der Waals surface area contributed by atoms with E-state index in [4.69, 9.17) is 0 Å². The van der Waals surface area contributed by atoms with E-state index in [9.17, 15) is 0 Å². The molecule has 2 rings (SSSR count). The Hall–Kier alpha value is -0.780. The van der Waals surface area contributed by atoms with Crippen LogP contribution in [-0.2, 0) is 5.41 Å². The molecule has 0 N–H and O–H groups in total. The molecule has 0 heterocycles. The largest absolute Gasteiger partial charge is 0.0654 e. The van der Waals surface area contributed by atoms with Crippen molar-refractivity contribution < 1.29 is 0 Å². The van der Waals surface area contributed by atoms with Gasteiger partial charge < -0.3 is 0 Å². The van der Waals surface area contributed by atoms with Crippen molar-refractivity contribution in [1.29, 1.82) is 0 Å². The van der Waals surface area contributed by atoms with Crippen LogP contribution in [0.2, 0.25) is 0 Å². The molecule has 0 aliphatic heterocycles. The van der Waals surface area contributed by atoms with E-state index in [0.717, 1.165) is 5.92 Å². The van der Waals surface area contributed by atoms with Gasteiger partial charge in [0.1, 0.15) is 0 Å². The van der Waals surface area contributed by atoms with Crippen molar-refractivity contribution in [3.05, 3.63) is 34.9 Å². The lowest BCUT2D eigenvalue weighted by molar-refractivity contribution is 0.458. The van der Waals surface area contributed by atoms with Gasteiger partial charge >= 0.3 is 0 Å². The Morgan fingerprint density at radius 3 is 2.73 bits per heavy atom. The van der Waals surface area contributed by atoms with Gasteiger partial charge in [0.05, 0.1) is 0 Å². The summed E-state index contributed by atoms with van der Waals surface area (Å²) in [7, 11) is 0. The van der Waals surface area contributed by atoms with Crippen molar-refractivity contribution in [3.8, 4) is 0 Å².